The van der Waals surface area contributed by atoms with E-state index in [2.05, 4.69) is 36.9 Å². The van der Waals surface area contributed by atoms with Gasteiger partial charge < -0.3 is 16.0 Å². The molecule has 1 aliphatic rings. The van der Waals surface area contributed by atoms with Crippen LogP contribution in [0.4, 0.5) is 16.0 Å². The molecule has 1 aromatic carbocycles. The molecule has 2 atom stereocenters. The van der Waals surface area contributed by atoms with Crippen molar-refractivity contribution in [3.8, 4) is 0 Å². The largest absolute Gasteiger partial charge is 0.392 e. The molecule has 172 valence electrons. The monoisotopic (exact) mass is 503 g/mol. The van der Waals surface area contributed by atoms with Gasteiger partial charge >= 0.3 is 0 Å². The first kappa shape index (κ1) is 24.2. The van der Waals surface area contributed by atoms with E-state index in [1.807, 2.05) is 52.1 Å². The summed E-state index contributed by atoms with van der Waals surface area (Å²) in [6, 6.07) is 6.14. The van der Waals surface area contributed by atoms with Crippen molar-refractivity contribution < 1.29 is 9.28 Å². The quantitative estimate of drug-likeness (QED) is 0.199. The van der Waals surface area contributed by atoms with E-state index in [1.165, 1.54) is 0 Å². The maximum absolute atomic E-state index is 13.7. The highest BCUT2D eigenvalue weighted by Crippen LogP contribution is 2.33. The lowest BCUT2D eigenvalue weighted by Gasteiger charge is -2.32. The topological polar surface area (TPSA) is 69.3 Å². The van der Waals surface area contributed by atoms with Crippen molar-refractivity contribution in [2.24, 2.45) is 0 Å². The zero-order valence-corrected chi connectivity index (χ0v) is 20.6. The number of anilines is 2. The number of aldehydes is 1. The predicted octanol–water partition coefficient (Wildman–Crippen LogP) is 5.20. The number of nitrogens with zero attached hydrogens (tertiary/aromatic N) is 2. The number of pyridine rings is 1. The molecule has 3 N–H and O–H groups in total. The molecule has 2 unspecified atom stereocenters. The number of carbonyl (C=O) groups is 1. The Labute approximate surface area is 197 Å². The lowest BCUT2D eigenvalue weighted by Crippen LogP contribution is -2.40. The van der Waals surface area contributed by atoms with E-state index in [4.69, 9.17) is 0 Å². The van der Waals surface area contributed by atoms with Gasteiger partial charge in [-0.15, -0.1) is 9.60 Å². The number of halogens is 2. The van der Waals surface area contributed by atoms with Crippen LogP contribution in [-0.2, 0) is 4.79 Å². The van der Waals surface area contributed by atoms with Crippen molar-refractivity contribution in [2.75, 3.05) is 30.8 Å². The molecule has 1 aromatic heterocycles. The van der Waals surface area contributed by atoms with Gasteiger partial charge in [0.2, 0.25) is 0 Å². The van der Waals surface area contributed by atoms with Crippen molar-refractivity contribution in [2.45, 2.75) is 45.7 Å². The van der Waals surface area contributed by atoms with Gasteiger partial charge in [-0.1, -0.05) is 15.9 Å². The Kier molecular flexibility index (Phi) is 8.26. The van der Waals surface area contributed by atoms with Gasteiger partial charge in [-0.2, -0.15) is 0 Å². The summed E-state index contributed by atoms with van der Waals surface area (Å²) in [6.45, 7) is 6.59. The average Bonchev–Trinajstić information content (AvgIpc) is 2.76. The molecule has 1 aliphatic heterocycles. The smallest absolute Gasteiger partial charge is 0.148 e. The molecule has 32 heavy (non-hydrogen) atoms. The van der Waals surface area contributed by atoms with Crippen LogP contribution in [0.25, 0.3) is 10.8 Å². The van der Waals surface area contributed by atoms with Gasteiger partial charge in [-0.3, -0.25) is 4.79 Å². The second kappa shape index (κ2) is 10.9. The van der Waals surface area contributed by atoms with E-state index < -0.39 is 0 Å². The molecule has 3 rings (SSSR count). The first-order valence-corrected chi connectivity index (χ1v) is 11.6. The maximum Gasteiger partial charge on any atom is 0.148 e. The first-order valence-electron chi connectivity index (χ1n) is 10.8. The van der Waals surface area contributed by atoms with Gasteiger partial charge in [0, 0.05) is 70.6 Å². The summed E-state index contributed by atoms with van der Waals surface area (Å²) >= 11 is 3.61. The van der Waals surface area contributed by atoms with Crippen LogP contribution in [0, 0.1) is 0 Å². The third-order valence-electron chi connectivity index (χ3n) is 5.92. The number of allylic oxidation sites excluding steroid dienone is 3. The third kappa shape index (κ3) is 5.86. The summed E-state index contributed by atoms with van der Waals surface area (Å²) in [4.78, 5) is 16.2. The fourth-order valence-corrected chi connectivity index (χ4v) is 4.40. The van der Waals surface area contributed by atoms with E-state index in [0.717, 1.165) is 56.5 Å². The summed E-state index contributed by atoms with van der Waals surface area (Å²) in [7, 11) is 1.85. The number of fused-ring (bicyclic) bond motifs is 1. The lowest BCUT2D eigenvalue weighted by atomic mass is 9.99. The summed E-state index contributed by atoms with van der Waals surface area (Å²) < 4.78 is 14.7. The molecule has 6 nitrogen and oxygen atoms in total. The number of hydrogen-bond donors (Lipinski definition) is 3. The number of carbonyl (C=O) groups excluding carboxylic acids is 1. The standard InChI is InChI=1S/C24H31BrFN5O/c1-15(9-16(2)27-4)18(14-32)13-29-24-22-11-19(25)12-23(21(22)5-7-28-24)30-20-6-8-31(26)17(3)10-20/h5,7,9,11-12,14,17,20,27,30H,6,8,10,13H2,1-4H3,(H,28,29)/b16-9-,18-15-. The van der Waals surface area contributed by atoms with E-state index in [-0.39, 0.29) is 12.1 Å². The summed E-state index contributed by atoms with van der Waals surface area (Å²) in [5, 5.41) is 12.9. The first-order chi connectivity index (χ1) is 15.3. The highest BCUT2D eigenvalue weighted by molar-refractivity contribution is 9.10. The molecule has 0 amide bonds. The molecule has 0 radical (unpaired) electrons. The third-order valence-corrected chi connectivity index (χ3v) is 6.38. The van der Waals surface area contributed by atoms with Crippen LogP contribution in [0.2, 0.25) is 0 Å². The second-order valence-corrected chi connectivity index (χ2v) is 9.22. The van der Waals surface area contributed by atoms with Gasteiger partial charge in [0.05, 0.1) is 0 Å². The van der Waals surface area contributed by atoms with E-state index in [1.54, 1.807) is 6.20 Å². The molecule has 2 aromatic rings. The minimum absolute atomic E-state index is 0.101. The molecule has 0 spiro atoms. The van der Waals surface area contributed by atoms with Gasteiger partial charge in [-0.25, -0.2) is 4.98 Å². The average molecular weight is 504 g/mol. The zero-order chi connectivity index (χ0) is 23.3. The SMILES string of the molecule is CN/C(C)=C\C(C)=C(/C=O)CNc1nccc2c(NC3CCN(F)C(C)C3)cc(Br)cc12. The number of piperidine rings is 1. The van der Waals surface area contributed by atoms with Crippen molar-refractivity contribution in [1.29, 1.82) is 0 Å². The minimum atomic E-state index is -0.101. The Balaban J connectivity index is 1.86. The molecule has 2 heterocycles. The normalized spacial score (nSPS) is 20.6. The van der Waals surface area contributed by atoms with Crippen LogP contribution in [0.1, 0.15) is 33.6 Å². The van der Waals surface area contributed by atoms with E-state index in [0.29, 0.717) is 24.5 Å². The Hall–Kier alpha value is -2.45. The minimum Gasteiger partial charge on any atom is -0.392 e. The number of hydrogen-bond acceptors (Lipinski definition) is 6. The summed E-state index contributed by atoms with van der Waals surface area (Å²) in [6.07, 6.45) is 6.08. The molecular weight excluding hydrogens is 473 g/mol. The number of benzene rings is 1. The van der Waals surface area contributed by atoms with Crippen molar-refractivity contribution >= 4 is 44.5 Å². The zero-order valence-electron chi connectivity index (χ0n) is 19.0. The lowest BCUT2D eigenvalue weighted by molar-refractivity contribution is -0.104. The van der Waals surface area contributed by atoms with E-state index >= 15 is 0 Å². The Morgan fingerprint density at radius 1 is 1.34 bits per heavy atom. The van der Waals surface area contributed by atoms with Crippen LogP contribution in [0.15, 0.2) is 51.8 Å². The fraction of sp³-hybridized carbons (Fsp3) is 0.417. The number of rotatable bonds is 8. The molecule has 8 heteroatoms. The van der Waals surface area contributed by atoms with Crippen LogP contribution in [-0.4, -0.2) is 48.6 Å². The van der Waals surface area contributed by atoms with Crippen LogP contribution < -0.4 is 16.0 Å². The molecule has 0 bridgehead atoms. The molecule has 1 saturated heterocycles. The fourth-order valence-electron chi connectivity index (χ4n) is 3.95. The highest BCUT2D eigenvalue weighted by Gasteiger charge is 2.25. The van der Waals surface area contributed by atoms with Gasteiger partial charge in [0.15, 0.2) is 0 Å². The number of nitrogens with one attached hydrogen (secondary N) is 3. The summed E-state index contributed by atoms with van der Waals surface area (Å²) in [5.41, 5.74) is 3.53. The van der Waals surface area contributed by atoms with Crippen LogP contribution in [0.5, 0.6) is 0 Å². The predicted molar refractivity (Wildman–Crippen MR) is 133 cm³/mol. The molecule has 0 aliphatic carbocycles. The number of aromatic nitrogens is 1. The van der Waals surface area contributed by atoms with Gasteiger partial charge in [0.1, 0.15) is 12.1 Å². The Morgan fingerprint density at radius 3 is 2.81 bits per heavy atom. The van der Waals surface area contributed by atoms with Gasteiger partial charge in [0.25, 0.3) is 0 Å². The molecular formula is C24H31BrFN5O. The van der Waals surface area contributed by atoms with Crippen molar-refractivity contribution in [3.05, 3.63) is 51.8 Å². The van der Waals surface area contributed by atoms with Crippen molar-refractivity contribution in [3.63, 3.8) is 0 Å². The van der Waals surface area contributed by atoms with E-state index in [9.17, 15) is 9.28 Å². The van der Waals surface area contributed by atoms with Gasteiger partial charge in [-0.05, 0) is 63.5 Å². The van der Waals surface area contributed by atoms with Crippen LogP contribution >= 0.6 is 15.9 Å². The maximum atomic E-state index is 13.7. The second-order valence-electron chi connectivity index (χ2n) is 8.30. The van der Waals surface area contributed by atoms with Crippen molar-refractivity contribution in [1.82, 2.24) is 15.4 Å². The molecule has 0 saturated carbocycles. The molecule has 1 fully saturated rings. The Morgan fingerprint density at radius 2 is 2.12 bits per heavy atom. The summed E-state index contributed by atoms with van der Waals surface area (Å²) in [5.74, 6) is 0.709. The highest BCUT2D eigenvalue weighted by atomic mass is 79.9. The Bertz CT molecular complexity index is 1040. The van der Waals surface area contributed by atoms with Crippen LogP contribution in [0.3, 0.4) is 0 Å².